The Morgan fingerprint density at radius 2 is 1.87 bits per heavy atom. The molecular formula is C14H15F3N2O4. The predicted octanol–water partition coefficient (Wildman–Crippen LogP) is 3.67. The number of hydrogen-bond acceptors (Lipinski definition) is 4. The van der Waals surface area contributed by atoms with Crippen molar-refractivity contribution in [2.45, 2.75) is 37.9 Å². The van der Waals surface area contributed by atoms with Crippen LogP contribution in [0, 0.1) is 16.0 Å². The van der Waals surface area contributed by atoms with Gasteiger partial charge in [-0.15, -0.1) is 0 Å². The summed E-state index contributed by atoms with van der Waals surface area (Å²) in [5.74, 6) is -1.36. The highest BCUT2D eigenvalue weighted by Crippen LogP contribution is 2.38. The number of carboxylic acids is 1. The minimum Gasteiger partial charge on any atom is -0.481 e. The van der Waals surface area contributed by atoms with Crippen molar-refractivity contribution in [1.29, 1.82) is 0 Å². The SMILES string of the molecule is O=C(O)C1CCC(Nc2ccc([N+](=O)[O-])cc2C(F)(F)F)CC1. The molecule has 0 heterocycles. The third-order valence-electron chi connectivity index (χ3n) is 3.96. The second kappa shape index (κ2) is 6.43. The van der Waals surface area contributed by atoms with Crippen LogP contribution >= 0.6 is 0 Å². The molecule has 0 atom stereocenters. The Balaban J connectivity index is 2.17. The minimum atomic E-state index is -4.72. The lowest BCUT2D eigenvalue weighted by Gasteiger charge is -2.28. The van der Waals surface area contributed by atoms with Crippen LogP contribution in [0.5, 0.6) is 0 Å². The van der Waals surface area contributed by atoms with Gasteiger partial charge in [0, 0.05) is 23.9 Å². The van der Waals surface area contributed by atoms with Gasteiger partial charge >= 0.3 is 12.1 Å². The zero-order valence-electron chi connectivity index (χ0n) is 12.0. The van der Waals surface area contributed by atoms with E-state index < -0.39 is 34.2 Å². The van der Waals surface area contributed by atoms with Crippen molar-refractivity contribution < 1.29 is 28.0 Å². The van der Waals surface area contributed by atoms with Crippen LogP contribution < -0.4 is 5.32 Å². The summed E-state index contributed by atoms with van der Waals surface area (Å²) in [6.45, 7) is 0. The van der Waals surface area contributed by atoms with Crippen molar-refractivity contribution in [3.63, 3.8) is 0 Å². The number of nitrogens with zero attached hydrogens (tertiary/aromatic N) is 1. The highest BCUT2D eigenvalue weighted by Gasteiger charge is 2.36. The first-order chi connectivity index (χ1) is 10.7. The first-order valence-corrected chi connectivity index (χ1v) is 7.03. The topological polar surface area (TPSA) is 92.5 Å². The molecule has 1 aromatic carbocycles. The summed E-state index contributed by atoms with van der Waals surface area (Å²) in [6, 6.07) is 2.28. The van der Waals surface area contributed by atoms with Crippen LogP contribution in [0.25, 0.3) is 0 Å². The Morgan fingerprint density at radius 1 is 1.26 bits per heavy atom. The minimum absolute atomic E-state index is 0.220. The zero-order chi connectivity index (χ0) is 17.2. The van der Waals surface area contributed by atoms with Gasteiger partial charge in [0.2, 0.25) is 0 Å². The largest absolute Gasteiger partial charge is 0.481 e. The second-order valence-corrected chi connectivity index (χ2v) is 5.52. The van der Waals surface area contributed by atoms with Crippen molar-refractivity contribution in [1.82, 2.24) is 0 Å². The van der Waals surface area contributed by atoms with E-state index in [0.29, 0.717) is 31.7 Å². The number of alkyl halides is 3. The number of nitro groups is 1. The van der Waals surface area contributed by atoms with Gasteiger partial charge in [-0.3, -0.25) is 14.9 Å². The van der Waals surface area contributed by atoms with E-state index in [1.54, 1.807) is 0 Å². The lowest BCUT2D eigenvalue weighted by Crippen LogP contribution is -2.30. The molecule has 126 valence electrons. The van der Waals surface area contributed by atoms with E-state index in [-0.39, 0.29) is 11.7 Å². The van der Waals surface area contributed by atoms with Crippen molar-refractivity contribution in [3.8, 4) is 0 Å². The number of halogens is 3. The number of carboxylic acid groups (broad SMARTS) is 1. The first kappa shape index (κ1) is 17.0. The number of anilines is 1. The Morgan fingerprint density at radius 3 is 2.35 bits per heavy atom. The maximum Gasteiger partial charge on any atom is 0.418 e. The van der Waals surface area contributed by atoms with Crippen molar-refractivity contribution in [3.05, 3.63) is 33.9 Å². The van der Waals surface area contributed by atoms with Crippen LogP contribution in [-0.4, -0.2) is 22.0 Å². The van der Waals surface area contributed by atoms with E-state index in [1.807, 2.05) is 0 Å². The summed E-state index contributed by atoms with van der Waals surface area (Å²) in [6.07, 6.45) is -3.06. The molecule has 6 nitrogen and oxygen atoms in total. The fourth-order valence-corrected chi connectivity index (χ4v) is 2.71. The number of non-ortho nitro benzene ring substituents is 1. The average molecular weight is 332 g/mol. The summed E-state index contributed by atoms with van der Waals surface area (Å²) < 4.78 is 39.2. The molecule has 0 bridgehead atoms. The molecule has 0 aromatic heterocycles. The molecule has 0 spiro atoms. The van der Waals surface area contributed by atoms with E-state index in [1.165, 1.54) is 0 Å². The third-order valence-corrected chi connectivity index (χ3v) is 3.96. The number of aliphatic carboxylic acids is 1. The molecule has 0 radical (unpaired) electrons. The van der Waals surface area contributed by atoms with Gasteiger partial charge in [-0.25, -0.2) is 0 Å². The van der Waals surface area contributed by atoms with E-state index >= 15 is 0 Å². The summed E-state index contributed by atoms with van der Waals surface area (Å²) in [5.41, 5.74) is -1.94. The fourth-order valence-electron chi connectivity index (χ4n) is 2.71. The number of nitro benzene ring substituents is 1. The van der Waals surface area contributed by atoms with E-state index in [0.717, 1.165) is 12.1 Å². The maximum absolute atomic E-state index is 13.1. The molecule has 1 aromatic rings. The summed E-state index contributed by atoms with van der Waals surface area (Å²) >= 11 is 0. The highest BCUT2D eigenvalue weighted by atomic mass is 19.4. The van der Waals surface area contributed by atoms with Crippen molar-refractivity contribution >= 4 is 17.3 Å². The molecule has 23 heavy (non-hydrogen) atoms. The summed E-state index contributed by atoms with van der Waals surface area (Å²) in [5, 5.41) is 22.3. The van der Waals surface area contributed by atoms with Crippen LogP contribution in [-0.2, 0) is 11.0 Å². The van der Waals surface area contributed by atoms with Crippen LogP contribution in [0.2, 0.25) is 0 Å². The van der Waals surface area contributed by atoms with Crippen molar-refractivity contribution in [2.24, 2.45) is 5.92 Å². The number of rotatable bonds is 4. The van der Waals surface area contributed by atoms with E-state index in [4.69, 9.17) is 5.11 Å². The van der Waals surface area contributed by atoms with Crippen LogP contribution in [0.3, 0.4) is 0 Å². The fraction of sp³-hybridized carbons (Fsp3) is 0.500. The van der Waals surface area contributed by atoms with Crippen LogP contribution in [0.1, 0.15) is 31.2 Å². The first-order valence-electron chi connectivity index (χ1n) is 7.03. The van der Waals surface area contributed by atoms with E-state index in [2.05, 4.69) is 5.32 Å². The molecular weight excluding hydrogens is 317 g/mol. The Bertz CT molecular complexity index is 611. The van der Waals surface area contributed by atoms with Gasteiger partial charge in [0.15, 0.2) is 0 Å². The van der Waals surface area contributed by atoms with Crippen LogP contribution in [0.15, 0.2) is 18.2 Å². The molecule has 2 N–H and O–H groups in total. The summed E-state index contributed by atoms with van der Waals surface area (Å²) in [7, 11) is 0. The summed E-state index contributed by atoms with van der Waals surface area (Å²) in [4.78, 5) is 20.6. The van der Waals surface area contributed by atoms with Gasteiger partial charge in [-0.2, -0.15) is 13.2 Å². The standard InChI is InChI=1S/C14H15F3N2O4/c15-14(16,17)11-7-10(19(22)23)5-6-12(11)18-9-3-1-8(2-4-9)13(20)21/h5-9,18H,1-4H2,(H,20,21). The monoisotopic (exact) mass is 332 g/mol. The molecule has 0 aliphatic heterocycles. The molecule has 9 heteroatoms. The molecule has 0 unspecified atom stereocenters. The average Bonchev–Trinajstić information content (AvgIpc) is 2.46. The number of carbonyl (C=O) groups is 1. The molecule has 0 saturated heterocycles. The molecule has 1 aliphatic rings. The normalized spacial score (nSPS) is 21.7. The zero-order valence-corrected chi connectivity index (χ0v) is 12.0. The van der Waals surface area contributed by atoms with Crippen LogP contribution in [0.4, 0.5) is 24.5 Å². The van der Waals surface area contributed by atoms with Gasteiger partial charge in [-0.1, -0.05) is 0 Å². The molecule has 2 rings (SSSR count). The Labute approximate surface area is 129 Å². The molecule has 0 amide bonds. The Hall–Kier alpha value is -2.32. The molecule has 1 aliphatic carbocycles. The second-order valence-electron chi connectivity index (χ2n) is 5.52. The lowest BCUT2D eigenvalue weighted by molar-refractivity contribution is -0.385. The van der Waals surface area contributed by atoms with Gasteiger partial charge in [0.05, 0.1) is 16.4 Å². The van der Waals surface area contributed by atoms with Gasteiger partial charge in [0.25, 0.3) is 5.69 Å². The Kier molecular flexibility index (Phi) is 4.76. The van der Waals surface area contributed by atoms with Gasteiger partial charge in [-0.05, 0) is 31.7 Å². The van der Waals surface area contributed by atoms with Gasteiger partial charge in [0.1, 0.15) is 0 Å². The van der Waals surface area contributed by atoms with Gasteiger partial charge < -0.3 is 10.4 Å². The third kappa shape index (κ3) is 4.11. The number of hydrogen-bond donors (Lipinski definition) is 2. The molecule has 1 fully saturated rings. The predicted molar refractivity (Wildman–Crippen MR) is 75.1 cm³/mol. The smallest absolute Gasteiger partial charge is 0.418 e. The van der Waals surface area contributed by atoms with E-state index in [9.17, 15) is 28.1 Å². The number of nitrogens with one attached hydrogen (secondary N) is 1. The maximum atomic E-state index is 13.1. The molecule has 1 saturated carbocycles. The lowest BCUT2D eigenvalue weighted by atomic mass is 9.86. The quantitative estimate of drug-likeness (QED) is 0.648. The number of benzene rings is 1. The highest BCUT2D eigenvalue weighted by molar-refractivity contribution is 5.70. The van der Waals surface area contributed by atoms with Crippen molar-refractivity contribution in [2.75, 3.05) is 5.32 Å².